The Balaban J connectivity index is 1.34. The van der Waals surface area contributed by atoms with Crippen molar-refractivity contribution >= 4 is 6.09 Å². The van der Waals surface area contributed by atoms with Crippen LogP contribution in [0.1, 0.15) is 23.6 Å². The lowest BCUT2D eigenvalue weighted by atomic mass is 9.95. The topological polar surface area (TPSA) is 144 Å². The van der Waals surface area contributed by atoms with Crippen LogP contribution in [0.4, 0.5) is 4.79 Å². The van der Waals surface area contributed by atoms with E-state index in [2.05, 4.69) is 15.3 Å². The molecule has 0 unspecified atom stereocenters. The molecule has 42 heavy (non-hydrogen) atoms. The Hall–Kier alpha value is -3.96. The number of azide groups is 1. The summed E-state index contributed by atoms with van der Waals surface area (Å²) in [5.41, 5.74) is 12.0. The first kappa shape index (κ1) is 31.0. The van der Waals surface area contributed by atoms with Crippen LogP contribution in [0, 0.1) is 0 Å². The van der Waals surface area contributed by atoms with Crippen molar-refractivity contribution in [3.63, 3.8) is 0 Å². The average Bonchev–Trinajstić information content (AvgIpc) is 3.02. The van der Waals surface area contributed by atoms with Crippen molar-refractivity contribution in [3.8, 4) is 0 Å². The Morgan fingerprint density at radius 1 is 0.929 bits per heavy atom. The molecule has 1 aliphatic heterocycles. The molecule has 6 atom stereocenters. The number of nitrogens with one attached hydrogen (secondary N) is 1. The molecule has 222 valence electrons. The van der Waals surface area contributed by atoms with Crippen molar-refractivity contribution in [2.45, 2.75) is 63.4 Å². The zero-order valence-corrected chi connectivity index (χ0v) is 23.4. The fourth-order valence-electron chi connectivity index (χ4n) is 4.47. The number of aliphatic hydroxyl groups is 1. The quantitative estimate of drug-likeness (QED) is 0.158. The van der Waals surface area contributed by atoms with Crippen LogP contribution < -0.4 is 5.32 Å². The number of ether oxygens (including phenoxy) is 5. The molecular formula is C31H36N4O7. The minimum atomic E-state index is -1.29. The summed E-state index contributed by atoms with van der Waals surface area (Å²) in [5, 5.41) is 17.4. The van der Waals surface area contributed by atoms with Gasteiger partial charge in [0.15, 0.2) is 6.29 Å². The van der Waals surface area contributed by atoms with Crippen molar-refractivity contribution in [3.05, 3.63) is 118 Å². The van der Waals surface area contributed by atoms with Gasteiger partial charge in [0.05, 0.1) is 44.7 Å². The lowest BCUT2D eigenvalue weighted by molar-refractivity contribution is -0.241. The van der Waals surface area contributed by atoms with Gasteiger partial charge in [0.25, 0.3) is 0 Å². The van der Waals surface area contributed by atoms with Crippen molar-refractivity contribution in [1.29, 1.82) is 0 Å². The molecule has 3 aromatic rings. The molecular weight excluding hydrogens is 540 g/mol. The van der Waals surface area contributed by atoms with Crippen LogP contribution in [-0.4, -0.2) is 61.1 Å². The van der Waals surface area contributed by atoms with Crippen molar-refractivity contribution in [2.75, 3.05) is 13.2 Å². The van der Waals surface area contributed by atoms with Crippen LogP contribution in [0.25, 0.3) is 10.4 Å². The number of carbonyl (C=O) groups excluding carboxylic acids is 1. The van der Waals surface area contributed by atoms with Crippen molar-refractivity contribution < 1.29 is 33.6 Å². The molecule has 3 aromatic carbocycles. The van der Waals surface area contributed by atoms with Gasteiger partial charge in [-0.15, -0.1) is 0 Å². The fourth-order valence-corrected chi connectivity index (χ4v) is 4.47. The number of carbonyl (C=O) groups is 1. The molecule has 11 heteroatoms. The van der Waals surface area contributed by atoms with Gasteiger partial charge in [-0.2, -0.15) is 0 Å². The Morgan fingerprint density at radius 2 is 1.50 bits per heavy atom. The summed E-state index contributed by atoms with van der Waals surface area (Å²) in [6, 6.07) is 26.7. The van der Waals surface area contributed by atoms with E-state index in [0.29, 0.717) is 13.2 Å². The largest absolute Gasteiger partial charge is 0.445 e. The zero-order chi connectivity index (χ0) is 29.6. The Bertz CT molecular complexity index is 1260. The SMILES string of the molecule is C[C@H]1O[C@H](OC[C@@H](COCc2ccccc2)OCc2ccccc2)[C@H](N=[N+]=[N-])[C@@H](O)[C@H]1NC(=O)OCc1ccccc1. The molecule has 0 saturated carbocycles. The first-order valence-electron chi connectivity index (χ1n) is 13.8. The molecule has 0 spiro atoms. The Labute approximate surface area is 244 Å². The van der Waals surface area contributed by atoms with Crippen LogP contribution in [0.5, 0.6) is 0 Å². The van der Waals surface area contributed by atoms with Crippen LogP contribution in [0.3, 0.4) is 0 Å². The highest BCUT2D eigenvalue weighted by Gasteiger charge is 2.45. The first-order valence-corrected chi connectivity index (χ1v) is 13.8. The molecule has 0 radical (unpaired) electrons. The molecule has 0 bridgehead atoms. The number of nitrogens with zero attached hydrogens (tertiary/aromatic N) is 3. The van der Waals surface area contributed by atoms with E-state index in [4.69, 9.17) is 23.7 Å². The standard InChI is InChI=1S/C31H36N4O7/c1-22-27(33-31(37)41-19-25-15-9-4-10-16-25)29(36)28(34-35-32)30(42-22)40-21-26(39-18-24-13-7-3-8-14-24)20-38-17-23-11-5-2-6-12-23/h2-16,22,26-30,36H,17-21H2,1H3,(H,33,37)/t22-,26-,27+,28-,29+,30+/m1/s1. The molecule has 4 rings (SSSR count). The van der Waals surface area contributed by atoms with E-state index in [0.717, 1.165) is 16.7 Å². The summed E-state index contributed by atoms with van der Waals surface area (Å²) in [6.45, 7) is 2.76. The van der Waals surface area contributed by atoms with Crippen molar-refractivity contribution in [1.82, 2.24) is 5.32 Å². The summed E-state index contributed by atoms with van der Waals surface area (Å²) < 4.78 is 29.3. The second kappa shape index (κ2) is 16.5. The average molecular weight is 577 g/mol. The summed E-state index contributed by atoms with van der Waals surface area (Å²) >= 11 is 0. The normalized spacial score (nSPS) is 22.5. The third-order valence-electron chi connectivity index (χ3n) is 6.72. The van der Waals surface area contributed by atoms with Crippen LogP contribution in [0.2, 0.25) is 0 Å². The van der Waals surface area contributed by atoms with Gasteiger partial charge in [-0.3, -0.25) is 0 Å². The Morgan fingerprint density at radius 3 is 2.10 bits per heavy atom. The molecule has 1 amide bonds. The number of aliphatic hydroxyl groups excluding tert-OH is 1. The van der Waals surface area contributed by atoms with Gasteiger partial charge in [-0.25, -0.2) is 4.79 Å². The van der Waals surface area contributed by atoms with Gasteiger partial charge in [0.1, 0.15) is 18.8 Å². The molecule has 2 N–H and O–H groups in total. The zero-order valence-electron chi connectivity index (χ0n) is 23.4. The maximum Gasteiger partial charge on any atom is 0.407 e. The van der Waals surface area contributed by atoms with E-state index in [1.165, 1.54) is 0 Å². The number of amides is 1. The number of rotatable bonds is 14. The van der Waals surface area contributed by atoms with Crippen molar-refractivity contribution in [2.24, 2.45) is 5.11 Å². The third-order valence-corrected chi connectivity index (χ3v) is 6.72. The minimum Gasteiger partial charge on any atom is -0.445 e. The lowest BCUT2D eigenvalue weighted by Gasteiger charge is -2.42. The highest BCUT2D eigenvalue weighted by Crippen LogP contribution is 2.25. The number of hydrogen-bond donors (Lipinski definition) is 2. The predicted octanol–water partition coefficient (Wildman–Crippen LogP) is 4.88. The van der Waals surface area contributed by atoms with Crippen LogP contribution >= 0.6 is 0 Å². The van der Waals surface area contributed by atoms with E-state index in [1.807, 2.05) is 91.0 Å². The van der Waals surface area contributed by atoms with E-state index in [-0.39, 0.29) is 19.8 Å². The van der Waals surface area contributed by atoms with Gasteiger partial charge < -0.3 is 34.1 Å². The highest BCUT2D eigenvalue weighted by molar-refractivity contribution is 5.67. The van der Waals surface area contributed by atoms with E-state index in [1.54, 1.807) is 6.92 Å². The molecule has 0 aliphatic carbocycles. The first-order chi connectivity index (χ1) is 20.5. The van der Waals surface area contributed by atoms with E-state index < -0.39 is 42.8 Å². The lowest BCUT2D eigenvalue weighted by Crippen LogP contribution is -2.62. The summed E-state index contributed by atoms with van der Waals surface area (Å²) in [6.07, 6.45) is -4.28. The molecule has 1 heterocycles. The highest BCUT2D eigenvalue weighted by atomic mass is 16.7. The predicted molar refractivity (Wildman–Crippen MR) is 154 cm³/mol. The second-order valence-corrected chi connectivity index (χ2v) is 9.88. The van der Waals surface area contributed by atoms with Gasteiger partial charge in [-0.05, 0) is 29.1 Å². The van der Waals surface area contributed by atoms with E-state index >= 15 is 0 Å². The number of hydrogen-bond acceptors (Lipinski definition) is 8. The smallest absolute Gasteiger partial charge is 0.407 e. The van der Waals surface area contributed by atoms with E-state index in [9.17, 15) is 15.4 Å². The van der Waals surface area contributed by atoms with Gasteiger partial charge in [0, 0.05) is 4.91 Å². The summed E-state index contributed by atoms with van der Waals surface area (Å²) in [5.74, 6) is 0. The molecule has 11 nitrogen and oxygen atoms in total. The van der Waals surface area contributed by atoms with Gasteiger partial charge in [-0.1, -0.05) is 96.1 Å². The maximum absolute atomic E-state index is 12.5. The van der Waals surface area contributed by atoms with Gasteiger partial charge >= 0.3 is 6.09 Å². The van der Waals surface area contributed by atoms with Gasteiger partial charge in [0.2, 0.25) is 0 Å². The number of alkyl carbamates (subject to hydrolysis) is 1. The Kier molecular flexibility index (Phi) is 12.2. The fraction of sp³-hybridized carbons (Fsp3) is 0.387. The number of benzene rings is 3. The monoisotopic (exact) mass is 576 g/mol. The second-order valence-electron chi connectivity index (χ2n) is 9.88. The molecule has 1 saturated heterocycles. The molecule has 1 aliphatic rings. The van der Waals surface area contributed by atoms with Crippen LogP contribution in [0.15, 0.2) is 96.1 Å². The minimum absolute atomic E-state index is 0.0421. The summed E-state index contributed by atoms with van der Waals surface area (Å²) in [4.78, 5) is 15.3. The molecule has 1 fully saturated rings. The maximum atomic E-state index is 12.5. The van der Waals surface area contributed by atoms with Crippen LogP contribution in [-0.2, 0) is 43.5 Å². The third kappa shape index (κ3) is 9.56. The molecule has 0 aromatic heterocycles. The summed E-state index contributed by atoms with van der Waals surface area (Å²) in [7, 11) is 0.